The van der Waals surface area contributed by atoms with Gasteiger partial charge < -0.3 is 4.42 Å². The second kappa shape index (κ2) is 7.68. The van der Waals surface area contributed by atoms with Crippen LogP contribution in [-0.4, -0.2) is 0 Å². The van der Waals surface area contributed by atoms with Gasteiger partial charge in [0.2, 0.25) is 0 Å². The van der Waals surface area contributed by atoms with Crippen LogP contribution in [0.4, 0.5) is 0 Å². The minimum Gasteiger partial charge on any atom is -0.422 e. The van der Waals surface area contributed by atoms with Crippen LogP contribution >= 0.6 is 0 Å². The van der Waals surface area contributed by atoms with E-state index in [9.17, 15) is 4.79 Å². The summed E-state index contributed by atoms with van der Waals surface area (Å²) in [5, 5.41) is 2.47. The summed E-state index contributed by atoms with van der Waals surface area (Å²) in [7, 11) is 0. The van der Waals surface area contributed by atoms with Gasteiger partial charge in [0.25, 0.3) is 0 Å². The van der Waals surface area contributed by atoms with Crippen molar-refractivity contribution in [3.05, 3.63) is 166 Å². The Morgan fingerprint density at radius 2 is 1.02 bits per heavy atom. The number of hydrogen-bond donors (Lipinski definition) is 0. The van der Waals surface area contributed by atoms with Gasteiger partial charge in [0.15, 0.2) is 0 Å². The van der Waals surface area contributed by atoms with Gasteiger partial charge in [0.1, 0.15) is 5.58 Å². The molecule has 2 aliphatic rings. The lowest BCUT2D eigenvalue weighted by Crippen LogP contribution is -2.25. The molecule has 0 bridgehead atoms. The van der Waals surface area contributed by atoms with E-state index in [-0.39, 0.29) is 11.0 Å². The standard InChI is InChI=1S/C38H22O2/c39-37-30-22-23(20-21-25(30)28-12-4-8-19-35(28)40-37)24-14-9-18-34-36(24)29-13-3-7-17-33(29)38(34)31-15-5-1-10-26(31)27-11-2-6-16-32(27)38/h1-22H. The van der Waals surface area contributed by atoms with E-state index in [0.717, 1.165) is 21.9 Å². The van der Waals surface area contributed by atoms with Crippen LogP contribution < -0.4 is 5.63 Å². The topological polar surface area (TPSA) is 30.2 Å². The average molecular weight is 511 g/mol. The van der Waals surface area contributed by atoms with Crippen LogP contribution in [0.2, 0.25) is 0 Å². The van der Waals surface area contributed by atoms with E-state index in [1.54, 1.807) is 0 Å². The van der Waals surface area contributed by atoms with Crippen molar-refractivity contribution in [1.29, 1.82) is 0 Å². The highest BCUT2D eigenvalue weighted by Crippen LogP contribution is 2.63. The monoisotopic (exact) mass is 510 g/mol. The van der Waals surface area contributed by atoms with Crippen molar-refractivity contribution in [3.63, 3.8) is 0 Å². The lowest BCUT2D eigenvalue weighted by Gasteiger charge is -2.30. The zero-order valence-corrected chi connectivity index (χ0v) is 21.5. The molecule has 7 aromatic rings. The minimum atomic E-state index is -0.388. The summed E-state index contributed by atoms with van der Waals surface area (Å²) < 4.78 is 5.71. The Balaban J connectivity index is 1.38. The lowest BCUT2D eigenvalue weighted by atomic mass is 9.70. The first-order valence-corrected chi connectivity index (χ1v) is 13.7. The van der Waals surface area contributed by atoms with Gasteiger partial charge in [0, 0.05) is 5.39 Å². The molecule has 0 saturated carbocycles. The maximum absolute atomic E-state index is 13.1. The van der Waals surface area contributed by atoms with E-state index in [1.165, 1.54) is 44.5 Å². The van der Waals surface area contributed by atoms with Gasteiger partial charge in [-0.05, 0) is 73.2 Å². The Hall–Kier alpha value is -5.21. The third-order valence-corrected chi connectivity index (χ3v) is 8.95. The number of hydrogen-bond acceptors (Lipinski definition) is 2. The average Bonchev–Trinajstić information content (AvgIpc) is 3.49. The molecule has 0 amide bonds. The van der Waals surface area contributed by atoms with Crippen LogP contribution in [0, 0.1) is 0 Å². The van der Waals surface area contributed by atoms with Crippen LogP contribution in [0.15, 0.2) is 143 Å². The Bertz CT molecular complexity index is 2210. The molecule has 0 radical (unpaired) electrons. The molecule has 1 aromatic heterocycles. The maximum Gasteiger partial charge on any atom is 0.344 e. The molecule has 2 heteroatoms. The highest BCUT2D eigenvalue weighted by Gasteiger charge is 2.51. The van der Waals surface area contributed by atoms with Gasteiger partial charge in [0.05, 0.1) is 10.8 Å². The molecule has 0 aliphatic heterocycles. The molecule has 0 N–H and O–H groups in total. The van der Waals surface area contributed by atoms with Gasteiger partial charge in [-0.2, -0.15) is 0 Å². The van der Waals surface area contributed by atoms with Gasteiger partial charge in [-0.3, -0.25) is 0 Å². The molecule has 186 valence electrons. The fourth-order valence-corrected chi connectivity index (χ4v) is 7.43. The predicted octanol–water partition coefficient (Wildman–Crippen LogP) is 8.96. The molecule has 0 fully saturated rings. The zero-order valence-electron chi connectivity index (χ0n) is 21.5. The first-order chi connectivity index (χ1) is 19.8. The van der Waals surface area contributed by atoms with Gasteiger partial charge in [-0.15, -0.1) is 0 Å². The molecule has 0 unspecified atom stereocenters. The SMILES string of the molecule is O=c1oc2ccccc2c2ccc(-c3cccc4c3-c3ccccc3C43c4ccccc4-c4ccccc43)cc12. The summed E-state index contributed by atoms with van der Waals surface area (Å²) in [5.74, 6) is 0. The zero-order chi connectivity index (χ0) is 26.4. The van der Waals surface area contributed by atoms with Crippen molar-refractivity contribution in [1.82, 2.24) is 0 Å². The fourth-order valence-electron chi connectivity index (χ4n) is 7.43. The van der Waals surface area contributed by atoms with Gasteiger partial charge in [-0.1, -0.05) is 121 Å². The van der Waals surface area contributed by atoms with Gasteiger partial charge in [-0.25, -0.2) is 4.79 Å². The molecular weight excluding hydrogens is 488 g/mol. The predicted molar refractivity (Wildman–Crippen MR) is 162 cm³/mol. The molecule has 0 atom stereocenters. The van der Waals surface area contributed by atoms with Crippen LogP contribution in [0.1, 0.15) is 22.3 Å². The molecular formula is C38H22O2. The van der Waals surface area contributed by atoms with Crippen molar-refractivity contribution >= 4 is 21.7 Å². The van der Waals surface area contributed by atoms with Crippen molar-refractivity contribution in [2.75, 3.05) is 0 Å². The third-order valence-electron chi connectivity index (χ3n) is 8.95. The molecule has 1 heterocycles. The van der Waals surface area contributed by atoms with E-state index < -0.39 is 0 Å². The largest absolute Gasteiger partial charge is 0.422 e. The van der Waals surface area contributed by atoms with Crippen molar-refractivity contribution in [2.24, 2.45) is 0 Å². The van der Waals surface area contributed by atoms with E-state index in [4.69, 9.17) is 4.42 Å². The fraction of sp³-hybridized carbons (Fsp3) is 0.0263. The molecule has 2 aliphatic carbocycles. The summed E-state index contributed by atoms with van der Waals surface area (Å²) in [6.45, 7) is 0. The summed E-state index contributed by atoms with van der Waals surface area (Å²) in [4.78, 5) is 13.1. The Morgan fingerprint density at radius 1 is 0.450 bits per heavy atom. The first-order valence-electron chi connectivity index (χ1n) is 13.7. The van der Waals surface area contributed by atoms with E-state index in [0.29, 0.717) is 11.0 Å². The van der Waals surface area contributed by atoms with E-state index in [1.807, 2.05) is 30.3 Å². The second-order valence-corrected chi connectivity index (χ2v) is 10.8. The van der Waals surface area contributed by atoms with Crippen molar-refractivity contribution < 1.29 is 4.42 Å². The number of rotatable bonds is 1. The Labute approximate surface area is 230 Å². The van der Waals surface area contributed by atoms with Crippen LogP contribution in [0.5, 0.6) is 0 Å². The summed E-state index contributed by atoms with van der Waals surface area (Å²) in [6.07, 6.45) is 0. The highest BCUT2D eigenvalue weighted by molar-refractivity contribution is 6.06. The molecule has 9 rings (SSSR count). The molecule has 40 heavy (non-hydrogen) atoms. The number of benzene rings is 6. The summed E-state index contributed by atoms with van der Waals surface area (Å²) >= 11 is 0. The molecule has 0 saturated heterocycles. The van der Waals surface area contributed by atoms with E-state index in [2.05, 4.69) is 103 Å². The molecule has 1 spiro atoms. The van der Waals surface area contributed by atoms with Gasteiger partial charge >= 0.3 is 5.63 Å². The quantitative estimate of drug-likeness (QED) is 0.163. The van der Waals surface area contributed by atoms with Crippen molar-refractivity contribution in [2.45, 2.75) is 5.41 Å². The first kappa shape index (κ1) is 21.7. The van der Waals surface area contributed by atoms with E-state index >= 15 is 0 Å². The Morgan fingerprint density at radius 3 is 1.77 bits per heavy atom. The highest BCUT2D eigenvalue weighted by atomic mass is 16.4. The molecule has 6 aromatic carbocycles. The third kappa shape index (κ3) is 2.56. The minimum absolute atomic E-state index is 0.307. The van der Waals surface area contributed by atoms with Crippen LogP contribution in [-0.2, 0) is 5.41 Å². The number of fused-ring (bicyclic) bond motifs is 13. The summed E-state index contributed by atoms with van der Waals surface area (Å²) in [5.41, 5.74) is 12.4. The van der Waals surface area contributed by atoms with Crippen molar-refractivity contribution in [3.8, 4) is 33.4 Å². The molecule has 2 nitrogen and oxygen atoms in total. The normalized spacial score (nSPS) is 13.8. The summed E-state index contributed by atoms with van der Waals surface area (Å²) in [6, 6.07) is 47.1. The van der Waals surface area contributed by atoms with Crippen LogP contribution in [0.3, 0.4) is 0 Å². The Kier molecular flexibility index (Phi) is 4.16. The van der Waals surface area contributed by atoms with Crippen LogP contribution in [0.25, 0.3) is 55.1 Å². The second-order valence-electron chi connectivity index (χ2n) is 10.8. The lowest BCUT2D eigenvalue weighted by molar-refractivity contribution is 0.569. The number of para-hydroxylation sites is 1. The maximum atomic E-state index is 13.1. The smallest absolute Gasteiger partial charge is 0.344 e.